The first-order valence-electron chi connectivity index (χ1n) is 8.64. The predicted octanol–water partition coefficient (Wildman–Crippen LogP) is 3.94. The second-order valence-corrected chi connectivity index (χ2v) is 6.99. The summed E-state index contributed by atoms with van der Waals surface area (Å²) in [5.41, 5.74) is 1.89. The largest absolute Gasteiger partial charge is 0.369 e. The Morgan fingerprint density at radius 1 is 0.962 bits per heavy atom. The van der Waals surface area contributed by atoms with Crippen molar-refractivity contribution in [3.63, 3.8) is 0 Å². The molecular weight excluding hydrogens is 371 g/mol. The fourth-order valence-corrected chi connectivity index (χ4v) is 3.24. The summed E-state index contributed by atoms with van der Waals surface area (Å²) in [6.07, 6.45) is 0. The fraction of sp³-hybridized carbons (Fsp3) is 0.316. The van der Waals surface area contributed by atoms with Crippen molar-refractivity contribution >= 4 is 40.6 Å². The molecule has 5 nitrogen and oxygen atoms in total. The molecule has 2 aromatic carbocycles. The molecule has 1 fully saturated rings. The monoisotopic (exact) mass is 392 g/mol. The van der Waals surface area contributed by atoms with E-state index in [1.54, 1.807) is 18.2 Å². The number of piperazine rings is 1. The molecule has 0 aliphatic carbocycles. The molecule has 2 amide bonds. The summed E-state index contributed by atoms with van der Waals surface area (Å²) in [5.74, 6) is 0. The highest BCUT2D eigenvalue weighted by Gasteiger charge is 2.16. The van der Waals surface area contributed by atoms with Crippen molar-refractivity contribution < 1.29 is 4.79 Å². The lowest BCUT2D eigenvalue weighted by Gasteiger charge is -2.36. The highest BCUT2D eigenvalue weighted by atomic mass is 35.5. The van der Waals surface area contributed by atoms with Crippen LogP contribution in [0.2, 0.25) is 10.0 Å². The van der Waals surface area contributed by atoms with Gasteiger partial charge in [0.2, 0.25) is 0 Å². The maximum absolute atomic E-state index is 12.0. The molecule has 0 aromatic heterocycles. The van der Waals surface area contributed by atoms with Crippen LogP contribution in [0.3, 0.4) is 0 Å². The van der Waals surface area contributed by atoms with Crippen LogP contribution < -0.4 is 15.5 Å². The van der Waals surface area contributed by atoms with Crippen molar-refractivity contribution in [2.75, 3.05) is 49.5 Å². The maximum atomic E-state index is 12.0. The topological polar surface area (TPSA) is 47.6 Å². The number of nitrogens with zero attached hydrogens (tertiary/aromatic N) is 2. The Kier molecular flexibility index (Phi) is 6.61. The van der Waals surface area contributed by atoms with Crippen LogP contribution in [0.4, 0.5) is 16.2 Å². The third-order valence-electron chi connectivity index (χ3n) is 4.38. The molecule has 0 unspecified atom stereocenters. The highest BCUT2D eigenvalue weighted by Crippen LogP contribution is 2.24. The highest BCUT2D eigenvalue weighted by molar-refractivity contribution is 6.42. The lowest BCUT2D eigenvalue weighted by atomic mass is 10.2. The van der Waals surface area contributed by atoms with Gasteiger partial charge in [0, 0.05) is 50.6 Å². The number of urea groups is 1. The Morgan fingerprint density at radius 3 is 2.38 bits per heavy atom. The predicted molar refractivity (Wildman–Crippen MR) is 109 cm³/mol. The molecule has 1 heterocycles. The number of amides is 2. The van der Waals surface area contributed by atoms with Crippen LogP contribution in [0.5, 0.6) is 0 Å². The summed E-state index contributed by atoms with van der Waals surface area (Å²) in [6, 6.07) is 15.2. The molecule has 1 saturated heterocycles. The van der Waals surface area contributed by atoms with Crippen LogP contribution in [-0.2, 0) is 0 Å². The van der Waals surface area contributed by atoms with E-state index in [4.69, 9.17) is 23.2 Å². The lowest BCUT2D eigenvalue weighted by Crippen LogP contribution is -2.48. The van der Waals surface area contributed by atoms with Gasteiger partial charge in [-0.15, -0.1) is 0 Å². The van der Waals surface area contributed by atoms with E-state index in [1.807, 2.05) is 6.07 Å². The maximum Gasteiger partial charge on any atom is 0.319 e. The van der Waals surface area contributed by atoms with Crippen LogP contribution in [0.25, 0.3) is 0 Å². The van der Waals surface area contributed by atoms with Gasteiger partial charge in [-0.25, -0.2) is 4.79 Å². The number of anilines is 2. The van der Waals surface area contributed by atoms with Crippen molar-refractivity contribution in [3.8, 4) is 0 Å². The Hall–Kier alpha value is -1.95. The molecule has 0 saturated carbocycles. The van der Waals surface area contributed by atoms with Crippen molar-refractivity contribution in [2.45, 2.75) is 0 Å². The van der Waals surface area contributed by atoms with Crippen LogP contribution in [0.1, 0.15) is 0 Å². The van der Waals surface area contributed by atoms with Crippen molar-refractivity contribution in [3.05, 3.63) is 58.6 Å². The molecule has 26 heavy (non-hydrogen) atoms. The van der Waals surface area contributed by atoms with E-state index >= 15 is 0 Å². The third-order valence-corrected chi connectivity index (χ3v) is 5.12. The lowest BCUT2D eigenvalue weighted by molar-refractivity contribution is 0.240. The minimum absolute atomic E-state index is 0.244. The van der Waals surface area contributed by atoms with Gasteiger partial charge in [0.1, 0.15) is 0 Å². The number of nitrogens with one attached hydrogen (secondary N) is 2. The molecule has 0 atom stereocenters. The number of carbonyl (C=O) groups is 1. The summed E-state index contributed by atoms with van der Waals surface area (Å²) in [5, 5.41) is 6.51. The van der Waals surface area contributed by atoms with E-state index < -0.39 is 0 Å². The molecule has 2 N–H and O–H groups in total. The minimum Gasteiger partial charge on any atom is -0.369 e. The third kappa shape index (κ3) is 5.27. The number of hydrogen-bond acceptors (Lipinski definition) is 3. The Bertz CT molecular complexity index is 734. The molecule has 3 rings (SSSR count). The van der Waals surface area contributed by atoms with E-state index in [9.17, 15) is 4.79 Å². The van der Waals surface area contributed by atoms with Crippen LogP contribution in [-0.4, -0.2) is 50.2 Å². The van der Waals surface area contributed by atoms with E-state index in [1.165, 1.54) is 5.69 Å². The first-order valence-corrected chi connectivity index (χ1v) is 9.40. The minimum atomic E-state index is -0.244. The molecule has 0 bridgehead atoms. The molecule has 1 aliphatic rings. The van der Waals surface area contributed by atoms with Gasteiger partial charge in [-0.1, -0.05) is 41.4 Å². The molecule has 138 valence electrons. The number of halogens is 2. The van der Waals surface area contributed by atoms with E-state index in [-0.39, 0.29) is 6.03 Å². The second-order valence-electron chi connectivity index (χ2n) is 6.17. The molecule has 0 radical (unpaired) electrons. The molecular formula is C19H22Cl2N4O. The number of para-hydroxylation sites is 1. The Labute approximate surface area is 163 Å². The first-order chi connectivity index (χ1) is 12.6. The molecule has 2 aromatic rings. The van der Waals surface area contributed by atoms with Gasteiger partial charge in [0.25, 0.3) is 0 Å². The zero-order valence-electron chi connectivity index (χ0n) is 14.4. The van der Waals surface area contributed by atoms with E-state index in [2.05, 4.69) is 44.7 Å². The van der Waals surface area contributed by atoms with Gasteiger partial charge < -0.3 is 15.5 Å². The van der Waals surface area contributed by atoms with Gasteiger partial charge in [-0.05, 0) is 30.3 Å². The summed E-state index contributed by atoms with van der Waals surface area (Å²) in [7, 11) is 0. The van der Waals surface area contributed by atoms with Crippen LogP contribution >= 0.6 is 23.2 Å². The summed E-state index contributed by atoms with van der Waals surface area (Å²) in [4.78, 5) is 16.7. The standard InChI is InChI=1S/C19H22Cl2N4O/c20-17-7-6-15(14-18(17)21)23-19(26)22-8-9-24-10-12-25(13-11-24)16-4-2-1-3-5-16/h1-7,14H,8-13H2,(H2,22,23,26). The molecule has 1 aliphatic heterocycles. The van der Waals surface area contributed by atoms with Gasteiger partial charge in [0.05, 0.1) is 10.0 Å². The van der Waals surface area contributed by atoms with Crippen molar-refractivity contribution in [2.24, 2.45) is 0 Å². The average molecular weight is 393 g/mol. The van der Waals surface area contributed by atoms with Crippen LogP contribution in [0, 0.1) is 0 Å². The quantitative estimate of drug-likeness (QED) is 0.809. The zero-order chi connectivity index (χ0) is 18.4. The van der Waals surface area contributed by atoms with Gasteiger partial charge in [-0.2, -0.15) is 0 Å². The van der Waals surface area contributed by atoms with Gasteiger partial charge >= 0.3 is 6.03 Å². The summed E-state index contributed by atoms with van der Waals surface area (Å²) >= 11 is 11.8. The number of benzene rings is 2. The van der Waals surface area contributed by atoms with Gasteiger partial charge in [-0.3, -0.25) is 4.90 Å². The second kappa shape index (κ2) is 9.12. The normalized spacial score (nSPS) is 14.9. The SMILES string of the molecule is O=C(NCCN1CCN(c2ccccc2)CC1)Nc1ccc(Cl)c(Cl)c1. The van der Waals surface area contributed by atoms with E-state index in [0.29, 0.717) is 22.3 Å². The molecule has 7 heteroatoms. The Balaban J connectivity index is 1.36. The number of hydrogen-bond donors (Lipinski definition) is 2. The number of carbonyl (C=O) groups excluding carboxylic acids is 1. The smallest absolute Gasteiger partial charge is 0.319 e. The fourth-order valence-electron chi connectivity index (χ4n) is 2.95. The summed E-state index contributed by atoms with van der Waals surface area (Å²) < 4.78 is 0. The average Bonchev–Trinajstić information content (AvgIpc) is 2.66. The van der Waals surface area contributed by atoms with E-state index in [0.717, 1.165) is 32.7 Å². The number of rotatable bonds is 5. The van der Waals surface area contributed by atoms with Crippen molar-refractivity contribution in [1.82, 2.24) is 10.2 Å². The zero-order valence-corrected chi connectivity index (χ0v) is 15.9. The van der Waals surface area contributed by atoms with Gasteiger partial charge in [0.15, 0.2) is 0 Å². The van der Waals surface area contributed by atoms with Crippen LogP contribution in [0.15, 0.2) is 48.5 Å². The Morgan fingerprint density at radius 2 is 1.69 bits per heavy atom. The summed E-state index contributed by atoms with van der Waals surface area (Å²) in [6.45, 7) is 5.41. The molecule has 0 spiro atoms. The van der Waals surface area contributed by atoms with Crippen molar-refractivity contribution in [1.29, 1.82) is 0 Å². The first kappa shape index (κ1) is 18.8.